The average molecular weight is 373 g/mol. The van der Waals surface area contributed by atoms with Crippen molar-refractivity contribution >= 4 is 17.5 Å². The molecule has 1 aromatic carbocycles. The molecule has 0 atom stereocenters. The van der Waals surface area contributed by atoms with E-state index in [1.807, 2.05) is 35.7 Å². The van der Waals surface area contributed by atoms with Gasteiger partial charge in [0.2, 0.25) is 11.7 Å². The number of hydrogen-bond acceptors (Lipinski definition) is 6. The molecule has 8 nitrogen and oxygen atoms in total. The number of carbonyl (C=O) groups is 1. The van der Waals surface area contributed by atoms with Crippen molar-refractivity contribution in [3.63, 3.8) is 0 Å². The molecule has 3 heterocycles. The maximum Gasteiger partial charge on any atom is 0.257 e. The molecule has 2 aromatic heterocycles. The minimum Gasteiger partial charge on any atom is -0.337 e. The molecule has 0 aliphatic carbocycles. The fourth-order valence-electron chi connectivity index (χ4n) is 3.02. The molecule has 0 saturated carbocycles. The van der Waals surface area contributed by atoms with Gasteiger partial charge in [0.1, 0.15) is 12.0 Å². The molecule has 0 spiro atoms. The molecular weight excluding hydrogens is 356 g/mol. The summed E-state index contributed by atoms with van der Waals surface area (Å²) in [4.78, 5) is 25.2. The number of hydrogen-bond donors (Lipinski definition) is 0. The summed E-state index contributed by atoms with van der Waals surface area (Å²) in [7, 11) is 5.58. The van der Waals surface area contributed by atoms with Crippen molar-refractivity contribution < 1.29 is 9.32 Å². The van der Waals surface area contributed by atoms with Crippen LogP contribution >= 0.6 is 11.6 Å². The number of nitrogens with zero attached hydrogens (tertiary/aromatic N) is 6. The molecule has 3 aromatic rings. The van der Waals surface area contributed by atoms with E-state index in [1.165, 1.54) is 0 Å². The van der Waals surface area contributed by atoms with Crippen molar-refractivity contribution in [3.05, 3.63) is 46.7 Å². The number of fused-ring (bicyclic) bond motifs is 3. The summed E-state index contributed by atoms with van der Waals surface area (Å²) < 4.78 is 7.17. The number of rotatable bonds is 3. The van der Waals surface area contributed by atoms with Gasteiger partial charge in [-0.3, -0.25) is 9.36 Å². The Morgan fingerprint density at radius 2 is 2.15 bits per heavy atom. The van der Waals surface area contributed by atoms with Crippen molar-refractivity contribution in [2.75, 3.05) is 21.1 Å². The third kappa shape index (κ3) is 2.67. The highest BCUT2D eigenvalue weighted by Crippen LogP contribution is 2.32. The second kappa shape index (κ2) is 6.22. The van der Waals surface area contributed by atoms with Gasteiger partial charge in [-0.1, -0.05) is 22.8 Å². The average Bonchev–Trinajstić information content (AvgIpc) is 3.17. The topological polar surface area (TPSA) is 80.3 Å². The first-order chi connectivity index (χ1) is 12.5. The van der Waals surface area contributed by atoms with Gasteiger partial charge in [-0.05, 0) is 26.2 Å². The van der Waals surface area contributed by atoms with Crippen molar-refractivity contribution in [1.82, 2.24) is 29.5 Å². The van der Waals surface area contributed by atoms with Gasteiger partial charge in [0.25, 0.3) is 5.91 Å². The van der Waals surface area contributed by atoms with Crippen LogP contribution in [-0.2, 0) is 13.1 Å². The van der Waals surface area contributed by atoms with Gasteiger partial charge in [0.05, 0.1) is 35.1 Å². The SMILES string of the molecule is CN(C)Cc1nc(-c2ncn3c2CN(C)C(=O)c2c(Cl)cccc2-3)no1. The molecule has 0 unspecified atom stereocenters. The van der Waals surface area contributed by atoms with Crippen LogP contribution in [0, 0.1) is 0 Å². The van der Waals surface area contributed by atoms with Gasteiger partial charge >= 0.3 is 0 Å². The third-order valence-corrected chi connectivity index (χ3v) is 4.51. The van der Waals surface area contributed by atoms with Crippen molar-refractivity contribution in [1.29, 1.82) is 0 Å². The Labute approximate surface area is 155 Å². The second-order valence-electron chi connectivity index (χ2n) is 6.45. The van der Waals surface area contributed by atoms with Crippen molar-refractivity contribution in [2.45, 2.75) is 13.1 Å². The minimum absolute atomic E-state index is 0.137. The van der Waals surface area contributed by atoms with Gasteiger partial charge in [-0.25, -0.2) is 4.98 Å². The summed E-state index contributed by atoms with van der Waals surface area (Å²) in [6.07, 6.45) is 1.66. The number of imidazole rings is 1. The summed E-state index contributed by atoms with van der Waals surface area (Å²) in [6, 6.07) is 5.37. The molecule has 4 rings (SSSR count). The molecule has 134 valence electrons. The van der Waals surface area contributed by atoms with Gasteiger partial charge < -0.3 is 14.3 Å². The van der Waals surface area contributed by atoms with Crippen LogP contribution in [0.3, 0.4) is 0 Å². The largest absolute Gasteiger partial charge is 0.337 e. The zero-order valence-electron chi connectivity index (χ0n) is 14.6. The molecule has 0 N–H and O–H groups in total. The van der Waals surface area contributed by atoms with Crippen LogP contribution in [0.2, 0.25) is 5.02 Å². The first kappa shape index (κ1) is 16.7. The highest BCUT2D eigenvalue weighted by Gasteiger charge is 2.29. The Morgan fingerprint density at radius 3 is 2.92 bits per heavy atom. The van der Waals surface area contributed by atoms with E-state index in [-0.39, 0.29) is 5.91 Å². The van der Waals surface area contributed by atoms with Gasteiger partial charge in [-0.15, -0.1) is 0 Å². The van der Waals surface area contributed by atoms with E-state index in [4.69, 9.17) is 16.1 Å². The summed E-state index contributed by atoms with van der Waals surface area (Å²) in [5, 5.41) is 4.46. The normalized spacial score (nSPS) is 13.7. The van der Waals surface area contributed by atoms with E-state index in [0.717, 1.165) is 5.69 Å². The summed E-state index contributed by atoms with van der Waals surface area (Å²) in [5.74, 6) is 0.775. The minimum atomic E-state index is -0.137. The number of aromatic nitrogens is 4. The van der Waals surface area contributed by atoms with Crippen LogP contribution in [0.4, 0.5) is 0 Å². The quantitative estimate of drug-likeness (QED) is 0.701. The van der Waals surface area contributed by atoms with Crippen LogP contribution < -0.4 is 0 Å². The van der Waals surface area contributed by atoms with Crippen molar-refractivity contribution in [2.24, 2.45) is 0 Å². The van der Waals surface area contributed by atoms with Crippen LogP contribution in [0.25, 0.3) is 17.2 Å². The van der Waals surface area contributed by atoms with Crippen LogP contribution in [0.1, 0.15) is 21.9 Å². The predicted molar refractivity (Wildman–Crippen MR) is 95.1 cm³/mol. The monoisotopic (exact) mass is 372 g/mol. The highest BCUT2D eigenvalue weighted by molar-refractivity contribution is 6.34. The standard InChI is InChI=1S/C17H17ClN6O2/c1-22(2)8-13-20-16(21-26-13)15-12-7-23(3)17(25)14-10(18)5-4-6-11(14)24(12)9-19-15/h4-6,9H,7-8H2,1-3H3. The molecule has 0 fully saturated rings. The van der Waals surface area contributed by atoms with E-state index in [0.29, 0.717) is 46.8 Å². The smallest absolute Gasteiger partial charge is 0.257 e. The lowest BCUT2D eigenvalue weighted by molar-refractivity contribution is 0.0788. The first-order valence-electron chi connectivity index (χ1n) is 8.04. The molecule has 0 radical (unpaired) electrons. The second-order valence-corrected chi connectivity index (χ2v) is 6.86. The summed E-state index contributed by atoms with van der Waals surface area (Å²) in [6.45, 7) is 0.899. The number of amides is 1. The van der Waals surface area contributed by atoms with E-state index < -0.39 is 0 Å². The van der Waals surface area contributed by atoms with Crippen molar-refractivity contribution in [3.8, 4) is 17.2 Å². The molecule has 0 bridgehead atoms. The number of halogens is 1. The lowest BCUT2D eigenvalue weighted by Crippen LogP contribution is -2.25. The molecule has 1 aliphatic rings. The molecule has 0 saturated heterocycles. The Morgan fingerprint density at radius 1 is 1.35 bits per heavy atom. The maximum atomic E-state index is 12.7. The maximum absolute atomic E-state index is 12.7. The summed E-state index contributed by atoms with van der Waals surface area (Å²) in [5.41, 5.74) is 2.55. The van der Waals surface area contributed by atoms with E-state index in [9.17, 15) is 4.79 Å². The van der Waals surface area contributed by atoms with Crippen LogP contribution in [0.5, 0.6) is 0 Å². The van der Waals surface area contributed by atoms with E-state index in [2.05, 4.69) is 15.1 Å². The number of carbonyl (C=O) groups excluding carboxylic acids is 1. The Balaban J connectivity index is 1.85. The zero-order valence-corrected chi connectivity index (χ0v) is 15.4. The van der Waals surface area contributed by atoms with Gasteiger partial charge in [0, 0.05) is 7.05 Å². The van der Waals surface area contributed by atoms with Crippen LogP contribution in [0.15, 0.2) is 29.0 Å². The molecule has 9 heteroatoms. The van der Waals surface area contributed by atoms with E-state index >= 15 is 0 Å². The number of benzene rings is 1. The van der Waals surface area contributed by atoms with Crippen LogP contribution in [-0.4, -0.2) is 56.5 Å². The highest BCUT2D eigenvalue weighted by atomic mass is 35.5. The van der Waals surface area contributed by atoms with E-state index in [1.54, 1.807) is 24.3 Å². The molecular formula is C17H17ClN6O2. The summed E-state index contributed by atoms with van der Waals surface area (Å²) >= 11 is 6.29. The molecule has 1 amide bonds. The first-order valence-corrected chi connectivity index (χ1v) is 8.41. The lowest BCUT2D eigenvalue weighted by atomic mass is 10.1. The Kier molecular flexibility index (Phi) is 4.01. The predicted octanol–water partition coefficient (Wildman–Crippen LogP) is 2.22. The molecule has 1 aliphatic heterocycles. The Hall–Kier alpha value is -2.71. The molecule has 26 heavy (non-hydrogen) atoms. The Bertz CT molecular complexity index is 993. The van der Waals surface area contributed by atoms with Gasteiger partial charge in [0.15, 0.2) is 0 Å². The lowest BCUT2D eigenvalue weighted by Gasteiger charge is -2.14. The zero-order chi connectivity index (χ0) is 18.4. The van der Waals surface area contributed by atoms with Gasteiger partial charge in [-0.2, -0.15) is 4.98 Å². The third-order valence-electron chi connectivity index (χ3n) is 4.20. The fourth-order valence-corrected chi connectivity index (χ4v) is 3.27. The fraction of sp³-hybridized carbons (Fsp3) is 0.294.